The fourth-order valence-electron chi connectivity index (χ4n) is 2.04. The Morgan fingerprint density at radius 2 is 1.80 bits per heavy atom. The van der Waals surface area contributed by atoms with E-state index in [-0.39, 0.29) is 5.41 Å². The molecule has 0 spiro atoms. The van der Waals surface area contributed by atoms with Gasteiger partial charge in [0.15, 0.2) is 0 Å². The maximum absolute atomic E-state index is 8.85. The lowest BCUT2D eigenvalue weighted by Crippen LogP contribution is -2.33. The van der Waals surface area contributed by atoms with Crippen molar-refractivity contribution >= 4 is 0 Å². The van der Waals surface area contributed by atoms with Crippen LogP contribution in [-0.2, 0) is 5.41 Å². The molecular formula is C17H26N2O. The molecule has 0 aromatic heterocycles. The summed E-state index contributed by atoms with van der Waals surface area (Å²) >= 11 is 0. The minimum absolute atomic E-state index is 0.0766. The van der Waals surface area contributed by atoms with Crippen LogP contribution in [0.2, 0.25) is 0 Å². The third-order valence-electron chi connectivity index (χ3n) is 3.30. The number of hydrogen-bond acceptors (Lipinski definition) is 3. The van der Waals surface area contributed by atoms with E-state index >= 15 is 0 Å². The van der Waals surface area contributed by atoms with E-state index in [0.29, 0.717) is 13.0 Å². The van der Waals surface area contributed by atoms with Gasteiger partial charge in [-0.05, 0) is 43.2 Å². The smallest absolute Gasteiger partial charge is 0.123 e. The number of ether oxygens (including phenoxy) is 1. The van der Waals surface area contributed by atoms with Crippen molar-refractivity contribution in [2.24, 2.45) is 5.73 Å². The van der Waals surface area contributed by atoms with Crippen LogP contribution in [0, 0.1) is 11.3 Å². The van der Waals surface area contributed by atoms with Crippen LogP contribution >= 0.6 is 0 Å². The Labute approximate surface area is 122 Å². The van der Waals surface area contributed by atoms with Crippen LogP contribution in [0.1, 0.15) is 52.5 Å². The maximum Gasteiger partial charge on any atom is 0.123 e. The highest BCUT2D eigenvalue weighted by Gasteiger charge is 2.18. The van der Waals surface area contributed by atoms with Crippen LogP contribution < -0.4 is 10.5 Å². The number of benzene rings is 1. The molecule has 0 fully saturated rings. The van der Waals surface area contributed by atoms with E-state index in [2.05, 4.69) is 32.9 Å². The minimum Gasteiger partial charge on any atom is -0.493 e. The van der Waals surface area contributed by atoms with Crippen LogP contribution in [-0.4, -0.2) is 12.1 Å². The van der Waals surface area contributed by atoms with E-state index in [4.69, 9.17) is 15.7 Å². The van der Waals surface area contributed by atoms with E-state index in [1.54, 1.807) is 6.92 Å². The molecule has 0 aliphatic heterocycles. The van der Waals surface area contributed by atoms with Crippen LogP contribution in [0.3, 0.4) is 0 Å². The zero-order valence-corrected chi connectivity index (χ0v) is 13.1. The molecule has 0 heterocycles. The highest BCUT2D eigenvalue weighted by Crippen LogP contribution is 2.31. The fraction of sp³-hybridized carbons (Fsp3) is 0.588. The van der Waals surface area contributed by atoms with Crippen molar-refractivity contribution in [3.8, 4) is 11.8 Å². The van der Waals surface area contributed by atoms with Crippen molar-refractivity contribution in [1.29, 1.82) is 5.26 Å². The lowest BCUT2D eigenvalue weighted by molar-refractivity contribution is 0.293. The Morgan fingerprint density at radius 1 is 1.15 bits per heavy atom. The van der Waals surface area contributed by atoms with E-state index in [0.717, 1.165) is 18.6 Å². The Hall–Kier alpha value is -1.53. The number of hydrogen-bond donors (Lipinski definition) is 1. The fourth-order valence-corrected chi connectivity index (χ4v) is 2.04. The maximum atomic E-state index is 8.85. The Morgan fingerprint density at radius 3 is 2.40 bits per heavy atom. The van der Waals surface area contributed by atoms with E-state index in [9.17, 15) is 0 Å². The van der Waals surface area contributed by atoms with Crippen molar-refractivity contribution in [2.75, 3.05) is 6.61 Å². The average Bonchev–Trinajstić information content (AvgIpc) is 2.37. The van der Waals surface area contributed by atoms with Crippen LogP contribution in [0.25, 0.3) is 0 Å². The van der Waals surface area contributed by atoms with Crippen molar-refractivity contribution in [2.45, 2.75) is 57.9 Å². The second-order valence-corrected chi connectivity index (χ2v) is 6.58. The number of nitrogens with two attached hydrogens (primary N) is 1. The van der Waals surface area contributed by atoms with Crippen molar-refractivity contribution < 1.29 is 4.74 Å². The molecule has 1 unspecified atom stereocenters. The number of para-hydroxylation sites is 1. The molecule has 1 atom stereocenters. The summed E-state index contributed by atoms with van der Waals surface area (Å²) in [6.45, 7) is 8.98. The summed E-state index contributed by atoms with van der Waals surface area (Å²) in [4.78, 5) is 0. The summed E-state index contributed by atoms with van der Waals surface area (Å²) in [6, 6.07) is 10.3. The summed E-state index contributed by atoms with van der Waals surface area (Å²) in [5.74, 6) is 0.954. The van der Waals surface area contributed by atoms with Gasteiger partial charge in [-0.2, -0.15) is 5.26 Å². The van der Waals surface area contributed by atoms with Crippen LogP contribution in [0.4, 0.5) is 0 Å². The van der Waals surface area contributed by atoms with Gasteiger partial charge in [-0.25, -0.2) is 0 Å². The highest BCUT2D eigenvalue weighted by molar-refractivity contribution is 5.38. The Kier molecular flexibility index (Phi) is 5.59. The third-order valence-corrected chi connectivity index (χ3v) is 3.30. The number of unbranched alkanes of at least 4 members (excludes halogenated alkanes) is 1. The van der Waals surface area contributed by atoms with E-state index in [1.807, 2.05) is 18.2 Å². The Bertz CT molecular complexity index is 467. The molecule has 0 bridgehead atoms. The molecule has 3 heteroatoms. The molecule has 20 heavy (non-hydrogen) atoms. The summed E-state index contributed by atoms with van der Waals surface area (Å²) in [5, 5.41) is 8.85. The van der Waals surface area contributed by atoms with Gasteiger partial charge in [0.2, 0.25) is 0 Å². The molecule has 0 aliphatic carbocycles. The predicted octanol–water partition coefficient (Wildman–Crippen LogP) is 3.77. The van der Waals surface area contributed by atoms with Gasteiger partial charge in [-0.15, -0.1) is 0 Å². The topological polar surface area (TPSA) is 59.0 Å². The third kappa shape index (κ3) is 5.22. The lowest BCUT2D eigenvalue weighted by atomic mass is 9.86. The van der Waals surface area contributed by atoms with Crippen LogP contribution in [0.15, 0.2) is 24.3 Å². The van der Waals surface area contributed by atoms with Crippen molar-refractivity contribution in [3.63, 3.8) is 0 Å². The molecule has 3 nitrogen and oxygen atoms in total. The van der Waals surface area contributed by atoms with Gasteiger partial charge in [0, 0.05) is 0 Å². The first-order valence-corrected chi connectivity index (χ1v) is 7.19. The SMILES string of the molecule is CC(N)(C#N)CCCCOc1ccccc1C(C)(C)C. The average molecular weight is 274 g/mol. The highest BCUT2D eigenvalue weighted by atomic mass is 16.5. The summed E-state index contributed by atoms with van der Waals surface area (Å²) < 4.78 is 5.89. The molecule has 0 amide bonds. The predicted molar refractivity (Wildman–Crippen MR) is 82.7 cm³/mol. The van der Waals surface area contributed by atoms with E-state index in [1.165, 1.54) is 5.56 Å². The molecule has 0 saturated carbocycles. The molecule has 110 valence electrons. The molecule has 2 N–H and O–H groups in total. The summed E-state index contributed by atoms with van der Waals surface area (Å²) in [5.41, 5.74) is 6.37. The van der Waals surface area contributed by atoms with Gasteiger partial charge in [-0.1, -0.05) is 39.0 Å². The van der Waals surface area contributed by atoms with Gasteiger partial charge < -0.3 is 10.5 Å². The van der Waals surface area contributed by atoms with Crippen molar-refractivity contribution in [1.82, 2.24) is 0 Å². The molecule has 1 aromatic carbocycles. The molecule has 0 aliphatic rings. The Balaban J connectivity index is 2.46. The van der Waals surface area contributed by atoms with E-state index < -0.39 is 5.54 Å². The molecule has 0 radical (unpaired) electrons. The largest absolute Gasteiger partial charge is 0.493 e. The van der Waals surface area contributed by atoms with Gasteiger partial charge in [-0.3, -0.25) is 0 Å². The number of nitriles is 1. The monoisotopic (exact) mass is 274 g/mol. The molecule has 1 rings (SSSR count). The zero-order chi connectivity index (χ0) is 15.2. The second-order valence-electron chi connectivity index (χ2n) is 6.58. The summed E-state index contributed by atoms with van der Waals surface area (Å²) in [6.07, 6.45) is 2.51. The molecule has 0 saturated heterocycles. The van der Waals surface area contributed by atoms with Gasteiger partial charge in [0.1, 0.15) is 11.3 Å². The van der Waals surface area contributed by atoms with Gasteiger partial charge in [0.05, 0.1) is 12.7 Å². The quantitative estimate of drug-likeness (QED) is 0.803. The first-order chi connectivity index (χ1) is 9.26. The zero-order valence-electron chi connectivity index (χ0n) is 13.1. The lowest BCUT2D eigenvalue weighted by Gasteiger charge is -2.22. The van der Waals surface area contributed by atoms with Crippen LogP contribution in [0.5, 0.6) is 5.75 Å². The normalized spacial score (nSPS) is 14.4. The molecule has 1 aromatic rings. The minimum atomic E-state index is -0.719. The number of nitrogens with zero attached hydrogens (tertiary/aromatic N) is 1. The molecular weight excluding hydrogens is 248 g/mol. The first-order valence-electron chi connectivity index (χ1n) is 7.19. The summed E-state index contributed by atoms with van der Waals surface area (Å²) in [7, 11) is 0. The van der Waals surface area contributed by atoms with Gasteiger partial charge >= 0.3 is 0 Å². The van der Waals surface area contributed by atoms with Gasteiger partial charge in [0.25, 0.3) is 0 Å². The number of rotatable bonds is 6. The second kappa shape index (κ2) is 6.76. The standard InChI is InChI=1S/C17H26N2O/c1-16(2,3)14-9-5-6-10-15(14)20-12-8-7-11-17(4,19)13-18/h5-6,9-10H,7-8,11-12,19H2,1-4H3. The first kappa shape index (κ1) is 16.5. The van der Waals surface area contributed by atoms with Crippen molar-refractivity contribution in [3.05, 3.63) is 29.8 Å².